The number of terminal acetylenes is 1. The van der Waals surface area contributed by atoms with Gasteiger partial charge in [0.15, 0.2) is 4.80 Å². The largest absolute Gasteiger partial charge is 0.342 e. The number of aromatic nitrogens is 1. The van der Waals surface area contributed by atoms with E-state index < -0.39 is 0 Å². The number of nitrogens with zero attached hydrogens (tertiary/aromatic N) is 3. The van der Waals surface area contributed by atoms with Crippen LogP contribution in [0, 0.1) is 18.2 Å². The highest BCUT2D eigenvalue weighted by Gasteiger charge is 2.18. The molecule has 0 saturated carbocycles. The zero-order valence-corrected chi connectivity index (χ0v) is 15.7. The fourth-order valence-corrected chi connectivity index (χ4v) is 4.57. The third-order valence-electron chi connectivity index (χ3n) is 4.02. The molecular weight excluding hydrogens is 373 g/mol. The predicted octanol–water partition coefficient (Wildman–Crippen LogP) is 2.26. The summed E-state index contributed by atoms with van der Waals surface area (Å²) in [6.07, 6.45) is 7.50. The van der Waals surface area contributed by atoms with Crippen molar-refractivity contribution in [1.29, 1.82) is 0 Å². The Balaban J connectivity index is 1.70. The zero-order valence-electron chi connectivity index (χ0n) is 14.1. The van der Waals surface area contributed by atoms with Gasteiger partial charge in [-0.3, -0.25) is 9.59 Å². The number of rotatable bonds is 5. The number of amides is 2. The van der Waals surface area contributed by atoms with Crippen LogP contribution >= 0.6 is 23.1 Å². The van der Waals surface area contributed by atoms with E-state index in [1.54, 1.807) is 10.6 Å². The summed E-state index contributed by atoms with van der Waals surface area (Å²) in [4.78, 5) is 30.5. The summed E-state index contributed by atoms with van der Waals surface area (Å²) in [5.74, 6) is 2.32. The molecule has 0 spiro atoms. The number of carbonyl (C=O) groups excluding carboxylic acids is 2. The first-order chi connectivity index (χ1) is 12.6. The standard InChI is InChI=1S/C18H18FN3O2S2/c1-2-7-22-14-6-5-13(19)10-15(14)26-18(22)20-16(23)11-25-12-17(24)21-8-3-4-9-21/h1,5-6,10H,3-4,7-9,11-12H2. The number of hydrogen-bond donors (Lipinski definition) is 0. The van der Waals surface area contributed by atoms with E-state index >= 15 is 0 Å². The number of fused-ring (bicyclic) bond motifs is 1. The van der Waals surface area contributed by atoms with E-state index in [9.17, 15) is 14.0 Å². The van der Waals surface area contributed by atoms with Gasteiger partial charge in [-0.1, -0.05) is 17.3 Å². The number of hydrogen-bond acceptors (Lipinski definition) is 4. The molecule has 0 atom stereocenters. The molecule has 2 heterocycles. The minimum atomic E-state index is -0.347. The summed E-state index contributed by atoms with van der Waals surface area (Å²) in [5, 5.41) is 0. The summed E-state index contributed by atoms with van der Waals surface area (Å²) in [6, 6.07) is 4.39. The third-order valence-corrected chi connectivity index (χ3v) is 5.97. The van der Waals surface area contributed by atoms with Crippen molar-refractivity contribution < 1.29 is 14.0 Å². The minimum Gasteiger partial charge on any atom is -0.342 e. The van der Waals surface area contributed by atoms with E-state index in [1.807, 2.05) is 4.90 Å². The van der Waals surface area contributed by atoms with Gasteiger partial charge in [0, 0.05) is 13.1 Å². The molecule has 0 N–H and O–H groups in total. The van der Waals surface area contributed by atoms with Crippen LogP contribution in [0.25, 0.3) is 10.2 Å². The average molecular weight is 391 g/mol. The topological polar surface area (TPSA) is 54.7 Å². The summed E-state index contributed by atoms with van der Waals surface area (Å²) in [7, 11) is 0. The molecule has 0 bridgehead atoms. The number of thioether (sulfide) groups is 1. The maximum atomic E-state index is 13.4. The van der Waals surface area contributed by atoms with Gasteiger partial charge in [0.25, 0.3) is 5.91 Å². The zero-order chi connectivity index (χ0) is 18.5. The van der Waals surface area contributed by atoms with E-state index in [-0.39, 0.29) is 35.7 Å². The number of halogens is 1. The smallest absolute Gasteiger partial charge is 0.258 e. The van der Waals surface area contributed by atoms with Crippen molar-refractivity contribution in [3.05, 3.63) is 28.8 Å². The molecule has 2 amide bonds. The molecule has 1 aromatic carbocycles. The van der Waals surface area contributed by atoms with Crippen LogP contribution in [0.15, 0.2) is 23.2 Å². The van der Waals surface area contributed by atoms with Gasteiger partial charge in [0.05, 0.1) is 28.3 Å². The van der Waals surface area contributed by atoms with Gasteiger partial charge >= 0.3 is 0 Å². The molecule has 0 aliphatic carbocycles. The van der Waals surface area contributed by atoms with Crippen molar-refractivity contribution >= 4 is 45.1 Å². The van der Waals surface area contributed by atoms with Crippen LogP contribution in [0.3, 0.4) is 0 Å². The monoisotopic (exact) mass is 391 g/mol. The predicted molar refractivity (Wildman–Crippen MR) is 102 cm³/mol. The van der Waals surface area contributed by atoms with Gasteiger partial charge in [-0.25, -0.2) is 4.39 Å². The quantitative estimate of drug-likeness (QED) is 0.735. The lowest BCUT2D eigenvalue weighted by atomic mass is 10.3. The van der Waals surface area contributed by atoms with Crippen LogP contribution in [-0.2, 0) is 16.1 Å². The van der Waals surface area contributed by atoms with Gasteiger partial charge < -0.3 is 9.47 Å². The van der Waals surface area contributed by atoms with E-state index in [1.165, 1.54) is 35.2 Å². The Kier molecular flexibility index (Phi) is 6.12. The van der Waals surface area contributed by atoms with Crippen molar-refractivity contribution in [1.82, 2.24) is 9.47 Å². The Hall–Kier alpha value is -2.11. The molecule has 1 aliphatic heterocycles. The fourth-order valence-electron chi connectivity index (χ4n) is 2.80. The van der Waals surface area contributed by atoms with Crippen LogP contribution < -0.4 is 4.80 Å². The van der Waals surface area contributed by atoms with Gasteiger partial charge in [-0.15, -0.1) is 18.2 Å². The van der Waals surface area contributed by atoms with Crippen LogP contribution in [-0.4, -0.2) is 45.9 Å². The Morgan fingerprint density at radius 3 is 2.81 bits per heavy atom. The molecule has 136 valence electrons. The lowest BCUT2D eigenvalue weighted by Gasteiger charge is -2.14. The second kappa shape index (κ2) is 8.52. The van der Waals surface area contributed by atoms with Gasteiger partial charge in [-0.2, -0.15) is 4.99 Å². The first kappa shape index (κ1) is 18.7. The fraction of sp³-hybridized carbons (Fsp3) is 0.389. The molecule has 2 aromatic rings. The molecule has 1 aromatic heterocycles. The Labute approximate surface area is 158 Å². The molecular formula is C18H18FN3O2S2. The first-order valence-corrected chi connectivity index (χ1v) is 10.2. The van der Waals surface area contributed by atoms with E-state index in [2.05, 4.69) is 10.9 Å². The second-order valence-corrected chi connectivity index (χ2v) is 7.87. The molecule has 5 nitrogen and oxygen atoms in total. The molecule has 1 saturated heterocycles. The highest BCUT2D eigenvalue weighted by atomic mass is 32.2. The van der Waals surface area contributed by atoms with Gasteiger partial charge in [-0.05, 0) is 31.0 Å². The highest BCUT2D eigenvalue weighted by molar-refractivity contribution is 8.00. The van der Waals surface area contributed by atoms with Crippen LogP contribution in [0.2, 0.25) is 0 Å². The van der Waals surface area contributed by atoms with E-state index in [4.69, 9.17) is 6.42 Å². The maximum absolute atomic E-state index is 13.4. The van der Waals surface area contributed by atoms with Crippen molar-refractivity contribution in [2.75, 3.05) is 24.6 Å². The van der Waals surface area contributed by atoms with E-state index in [0.29, 0.717) is 9.50 Å². The highest BCUT2D eigenvalue weighted by Crippen LogP contribution is 2.18. The molecule has 1 aliphatic rings. The minimum absolute atomic E-state index is 0.0695. The second-order valence-electron chi connectivity index (χ2n) is 5.87. The molecule has 1 fully saturated rings. The number of likely N-dealkylation sites (tertiary alicyclic amines) is 1. The lowest BCUT2D eigenvalue weighted by molar-refractivity contribution is -0.127. The Morgan fingerprint density at radius 1 is 1.31 bits per heavy atom. The molecule has 0 unspecified atom stereocenters. The summed E-state index contributed by atoms with van der Waals surface area (Å²) in [6.45, 7) is 1.86. The lowest BCUT2D eigenvalue weighted by Crippen LogP contribution is -2.29. The van der Waals surface area contributed by atoms with Crippen LogP contribution in [0.5, 0.6) is 0 Å². The third kappa shape index (κ3) is 4.34. The number of benzene rings is 1. The Bertz CT molecular complexity index is 936. The van der Waals surface area contributed by atoms with Crippen molar-refractivity contribution in [2.24, 2.45) is 4.99 Å². The van der Waals surface area contributed by atoms with E-state index in [0.717, 1.165) is 31.4 Å². The number of thiazole rings is 1. The van der Waals surface area contributed by atoms with Crippen molar-refractivity contribution in [3.8, 4) is 12.3 Å². The van der Waals surface area contributed by atoms with Gasteiger partial charge in [0.1, 0.15) is 5.82 Å². The van der Waals surface area contributed by atoms with Crippen LogP contribution in [0.1, 0.15) is 12.8 Å². The maximum Gasteiger partial charge on any atom is 0.258 e. The molecule has 26 heavy (non-hydrogen) atoms. The SMILES string of the molecule is C#CCn1c(=NC(=O)CSCC(=O)N2CCCC2)sc2cc(F)ccc21. The molecule has 3 rings (SSSR count). The average Bonchev–Trinajstić information content (AvgIpc) is 3.24. The van der Waals surface area contributed by atoms with Gasteiger partial charge in [0.2, 0.25) is 5.91 Å². The van der Waals surface area contributed by atoms with Crippen LogP contribution in [0.4, 0.5) is 4.39 Å². The number of carbonyl (C=O) groups is 2. The normalized spacial score (nSPS) is 14.8. The molecule has 0 radical (unpaired) electrons. The summed E-state index contributed by atoms with van der Waals surface area (Å²) in [5.41, 5.74) is 0.748. The Morgan fingerprint density at radius 2 is 2.08 bits per heavy atom. The summed E-state index contributed by atoms with van der Waals surface area (Å²) >= 11 is 2.49. The van der Waals surface area contributed by atoms with Crippen molar-refractivity contribution in [2.45, 2.75) is 19.4 Å². The summed E-state index contributed by atoms with van der Waals surface area (Å²) < 4.78 is 15.8. The molecule has 8 heteroatoms. The van der Waals surface area contributed by atoms with Crippen molar-refractivity contribution in [3.63, 3.8) is 0 Å². The first-order valence-electron chi connectivity index (χ1n) is 8.24.